The van der Waals surface area contributed by atoms with E-state index >= 15 is 0 Å². The number of hydrogen-bond acceptors (Lipinski definition) is 5. The molecule has 0 rings (SSSR count). The van der Waals surface area contributed by atoms with Crippen LogP contribution < -0.4 is 5.32 Å². The van der Waals surface area contributed by atoms with Crippen LogP contribution in [-0.2, 0) is 14.3 Å². The molecule has 79 heavy (non-hydrogen) atoms. The third-order valence-corrected chi connectivity index (χ3v) is 16.7. The van der Waals surface area contributed by atoms with Crippen LogP contribution in [0.2, 0.25) is 0 Å². The predicted molar refractivity (Wildman–Crippen MR) is 347 cm³/mol. The van der Waals surface area contributed by atoms with Crippen molar-refractivity contribution in [3.63, 3.8) is 0 Å². The summed E-state index contributed by atoms with van der Waals surface area (Å²) in [6, 6.07) is -0.548. The number of amides is 1. The molecule has 0 bridgehead atoms. The molecule has 0 radical (unpaired) electrons. The summed E-state index contributed by atoms with van der Waals surface area (Å²) in [5.74, 6) is -0.0355. The summed E-state index contributed by atoms with van der Waals surface area (Å²) in [6.45, 7) is 4.97. The Kier molecular flexibility index (Phi) is 66.9. The highest BCUT2D eigenvalue weighted by atomic mass is 16.5. The molecule has 0 aliphatic carbocycles. The van der Waals surface area contributed by atoms with Gasteiger partial charge in [0.15, 0.2) is 0 Å². The van der Waals surface area contributed by atoms with E-state index in [9.17, 15) is 19.8 Å². The molecule has 2 atom stereocenters. The minimum Gasteiger partial charge on any atom is -0.466 e. The topological polar surface area (TPSA) is 95.9 Å². The number of unbranched alkanes of at least 4 members (excludes halogenated alkanes) is 50. The van der Waals surface area contributed by atoms with E-state index in [0.29, 0.717) is 25.9 Å². The predicted octanol–water partition coefficient (Wildman–Crippen LogP) is 23.1. The van der Waals surface area contributed by atoms with Crippen LogP contribution >= 0.6 is 0 Å². The number of carbonyl (C=O) groups excluding carboxylic acids is 2. The Morgan fingerprint density at radius 3 is 0.975 bits per heavy atom. The molecule has 1 amide bonds. The Bertz CT molecular complexity index is 1280. The van der Waals surface area contributed by atoms with Gasteiger partial charge >= 0.3 is 5.97 Å². The summed E-state index contributed by atoms with van der Waals surface area (Å²) in [5, 5.41) is 23.4. The first-order chi connectivity index (χ1) is 39.0. The number of rotatable bonds is 67. The van der Waals surface area contributed by atoms with Crippen molar-refractivity contribution in [2.45, 2.75) is 405 Å². The third kappa shape index (κ3) is 65.1. The van der Waals surface area contributed by atoms with Crippen molar-refractivity contribution >= 4 is 11.9 Å². The number of aliphatic hydroxyl groups is 2. The molecule has 3 N–H and O–H groups in total. The van der Waals surface area contributed by atoms with E-state index < -0.39 is 12.1 Å². The van der Waals surface area contributed by atoms with Crippen LogP contribution in [0, 0.1) is 0 Å². The van der Waals surface area contributed by atoms with Gasteiger partial charge in [-0.15, -0.1) is 0 Å². The van der Waals surface area contributed by atoms with Gasteiger partial charge in [0.05, 0.1) is 25.4 Å². The van der Waals surface area contributed by atoms with E-state index in [1.807, 2.05) is 0 Å². The van der Waals surface area contributed by atoms with Gasteiger partial charge in [0.1, 0.15) is 0 Å². The Morgan fingerprint density at radius 2 is 0.633 bits per heavy atom. The van der Waals surface area contributed by atoms with Crippen LogP contribution in [0.5, 0.6) is 0 Å². The van der Waals surface area contributed by atoms with Gasteiger partial charge in [-0.2, -0.15) is 0 Å². The minimum absolute atomic E-state index is 0.00169. The Labute approximate surface area is 494 Å². The van der Waals surface area contributed by atoms with Crippen LogP contribution in [0.15, 0.2) is 36.5 Å². The van der Waals surface area contributed by atoms with Gasteiger partial charge in [-0.1, -0.05) is 333 Å². The molecule has 0 heterocycles. The van der Waals surface area contributed by atoms with E-state index in [2.05, 4.69) is 55.6 Å². The zero-order chi connectivity index (χ0) is 57.1. The molecular formula is C73H139NO5. The van der Waals surface area contributed by atoms with E-state index in [1.165, 1.54) is 308 Å². The number of hydrogen-bond donors (Lipinski definition) is 3. The number of allylic oxidation sites excluding steroid dienone is 6. The van der Waals surface area contributed by atoms with Gasteiger partial charge in [-0.3, -0.25) is 9.59 Å². The first-order valence-electron chi connectivity index (χ1n) is 35.7. The Morgan fingerprint density at radius 1 is 0.354 bits per heavy atom. The van der Waals surface area contributed by atoms with Crippen molar-refractivity contribution in [3.8, 4) is 0 Å². The van der Waals surface area contributed by atoms with Gasteiger partial charge in [0.25, 0.3) is 0 Å². The molecule has 0 aromatic heterocycles. The molecule has 2 unspecified atom stereocenters. The van der Waals surface area contributed by atoms with E-state index in [0.717, 1.165) is 51.4 Å². The van der Waals surface area contributed by atoms with Crippen LogP contribution in [0.1, 0.15) is 393 Å². The summed E-state index contributed by atoms with van der Waals surface area (Å²) >= 11 is 0. The molecule has 0 aromatic rings. The minimum atomic E-state index is -0.670. The van der Waals surface area contributed by atoms with Gasteiger partial charge < -0.3 is 20.3 Å². The number of carbonyl (C=O) groups is 2. The third-order valence-electron chi connectivity index (χ3n) is 16.7. The normalized spacial score (nSPS) is 12.7. The van der Waals surface area contributed by atoms with Crippen molar-refractivity contribution < 1.29 is 24.5 Å². The summed E-state index contributed by atoms with van der Waals surface area (Å²) in [7, 11) is 0. The fourth-order valence-electron chi connectivity index (χ4n) is 11.2. The van der Waals surface area contributed by atoms with Crippen molar-refractivity contribution in [1.82, 2.24) is 5.32 Å². The van der Waals surface area contributed by atoms with Crippen molar-refractivity contribution in [3.05, 3.63) is 36.5 Å². The average molecular weight is 1110 g/mol. The highest BCUT2D eigenvalue weighted by molar-refractivity contribution is 5.76. The van der Waals surface area contributed by atoms with Crippen LogP contribution in [-0.4, -0.2) is 47.4 Å². The highest BCUT2D eigenvalue weighted by Gasteiger charge is 2.20. The van der Waals surface area contributed by atoms with Gasteiger partial charge in [0, 0.05) is 12.8 Å². The van der Waals surface area contributed by atoms with Crippen molar-refractivity contribution in [1.29, 1.82) is 0 Å². The molecule has 0 fully saturated rings. The number of aliphatic hydroxyl groups excluding tert-OH is 2. The maximum atomic E-state index is 12.5. The quantitative estimate of drug-likeness (QED) is 0.0320. The monoisotopic (exact) mass is 1110 g/mol. The largest absolute Gasteiger partial charge is 0.466 e. The second kappa shape index (κ2) is 68.6. The molecule has 466 valence electrons. The van der Waals surface area contributed by atoms with Crippen LogP contribution in [0.3, 0.4) is 0 Å². The fraction of sp³-hybridized carbons (Fsp3) is 0.890. The van der Waals surface area contributed by atoms with E-state index in [-0.39, 0.29) is 18.5 Å². The molecule has 6 heteroatoms. The molecule has 0 saturated heterocycles. The van der Waals surface area contributed by atoms with Crippen molar-refractivity contribution in [2.24, 2.45) is 0 Å². The zero-order valence-corrected chi connectivity index (χ0v) is 53.4. The standard InChI is InChI=1S/C73H139NO5/c1-3-5-7-9-11-13-15-17-19-20-21-22-28-31-34-38-41-45-49-53-57-61-65-71(76)70(69-75)74-72(77)66-62-58-54-50-46-42-39-35-32-29-26-24-23-25-27-30-33-36-40-44-48-52-56-60-64-68-79-73(78)67-63-59-55-51-47-43-37-18-16-14-12-10-8-6-4-2/h18,24-27,37,70-71,75-76H,3-17,19-23,28-36,38-69H2,1-2H3,(H,74,77)/b26-24-,27-25-,37-18-. The zero-order valence-electron chi connectivity index (χ0n) is 53.4. The van der Waals surface area contributed by atoms with Crippen LogP contribution in [0.25, 0.3) is 0 Å². The number of nitrogens with one attached hydrogen (secondary N) is 1. The van der Waals surface area contributed by atoms with E-state index in [1.54, 1.807) is 0 Å². The smallest absolute Gasteiger partial charge is 0.305 e. The average Bonchev–Trinajstić information content (AvgIpc) is 3.45. The SMILES string of the molecule is CCCCCCCC/C=C\CCCCCCCC(=O)OCCCCCCCCCCC/C=C\C/C=C\CCCCCCCCCCCC(=O)NC(CO)C(O)CCCCCCCCCCCCCCCCCCCCCCCC. The Balaban J connectivity index is 3.43. The molecule has 0 aliphatic heterocycles. The first-order valence-corrected chi connectivity index (χ1v) is 35.7. The lowest BCUT2D eigenvalue weighted by molar-refractivity contribution is -0.143. The first kappa shape index (κ1) is 77.1. The second-order valence-electron chi connectivity index (χ2n) is 24.6. The maximum Gasteiger partial charge on any atom is 0.305 e. The summed E-state index contributed by atoms with van der Waals surface area (Å²) < 4.78 is 5.48. The summed E-state index contributed by atoms with van der Waals surface area (Å²) in [4.78, 5) is 24.6. The lowest BCUT2D eigenvalue weighted by atomic mass is 10.0. The number of esters is 1. The molecule has 0 aromatic carbocycles. The molecule has 0 aliphatic rings. The van der Waals surface area contributed by atoms with Gasteiger partial charge in [0.2, 0.25) is 5.91 Å². The van der Waals surface area contributed by atoms with Crippen molar-refractivity contribution in [2.75, 3.05) is 13.2 Å². The lowest BCUT2D eigenvalue weighted by Crippen LogP contribution is -2.45. The summed E-state index contributed by atoms with van der Waals surface area (Å²) in [5.41, 5.74) is 0. The lowest BCUT2D eigenvalue weighted by Gasteiger charge is -2.22. The fourth-order valence-corrected chi connectivity index (χ4v) is 11.2. The van der Waals surface area contributed by atoms with Crippen LogP contribution in [0.4, 0.5) is 0 Å². The molecule has 0 saturated carbocycles. The molecular weight excluding hydrogens is 971 g/mol. The number of ether oxygens (including phenoxy) is 1. The highest BCUT2D eigenvalue weighted by Crippen LogP contribution is 2.19. The maximum absolute atomic E-state index is 12.5. The summed E-state index contributed by atoms with van der Waals surface area (Å²) in [6.07, 6.45) is 87.6. The second-order valence-corrected chi connectivity index (χ2v) is 24.6. The molecule has 0 spiro atoms. The van der Waals surface area contributed by atoms with Gasteiger partial charge in [-0.25, -0.2) is 0 Å². The van der Waals surface area contributed by atoms with E-state index in [4.69, 9.17) is 4.74 Å². The molecule has 6 nitrogen and oxygen atoms in total. The Hall–Kier alpha value is -1.92. The van der Waals surface area contributed by atoms with Gasteiger partial charge in [-0.05, 0) is 83.5 Å².